The van der Waals surface area contributed by atoms with Gasteiger partial charge < -0.3 is 0 Å². The molecule has 2 rings (SSSR count). The van der Waals surface area contributed by atoms with Crippen LogP contribution in [0.15, 0.2) is 79.9 Å². The standard InChI is InChI=1S/C18H18.C3H6.CH4/c1-4-6-7-15(5-2)17-11-10-16-12-14(3)8-9-18(16)13-17;1-3-2;/h4-13H,2H2,1,3H3;3H,1H2,2H3;1H4/b6-4-,15-7+;;. The SMILES string of the molecule is C.C=C/C(=C\C=C/C)c1ccc2cc(C)ccc2c1.C=CC. The van der Waals surface area contributed by atoms with Crippen molar-refractivity contribution in [3.8, 4) is 0 Å². The normalized spacial score (nSPS) is 10.6. The molecule has 0 saturated heterocycles. The van der Waals surface area contributed by atoms with Gasteiger partial charge in [-0.3, -0.25) is 0 Å². The van der Waals surface area contributed by atoms with Crippen molar-refractivity contribution in [2.24, 2.45) is 0 Å². The van der Waals surface area contributed by atoms with Crippen LogP contribution in [0.2, 0.25) is 0 Å². The topological polar surface area (TPSA) is 0 Å². The Balaban J connectivity index is 0.00000102. The van der Waals surface area contributed by atoms with E-state index in [-0.39, 0.29) is 7.43 Å². The highest BCUT2D eigenvalue weighted by Crippen LogP contribution is 2.23. The summed E-state index contributed by atoms with van der Waals surface area (Å²) in [5.74, 6) is 0. The minimum atomic E-state index is 0. The first-order valence-corrected chi connectivity index (χ1v) is 7.19. The number of hydrogen-bond acceptors (Lipinski definition) is 0. The molecule has 0 heteroatoms. The van der Waals surface area contributed by atoms with Crippen LogP contribution in [0, 0.1) is 6.92 Å². The number of aryl methyl sites for hydroxylation is 1. The number of allylic oxidation sites excluding steroid dienone is 6. The van der Waals surface area contributed by atoms with Gasteiger partial charge in [0, 0.05) is 0 Å². The van der Waals surface area contributed by atoms with E-state index in [0.717, 1.165) is 5.57 Å². The lowest BCUT2D eigenvalue weighted by Crippen LogP contribution is -1.82. The molecular formula is C22H28. The van der Waals surface area contributed by atoms with E-state index in [1.807, 2.05) is 32.1 Å². The molecule has 0 N–H and O–H groups in total. The van der Waals surface area contributed by atoms with Crippen molar-refractivity contribution in [3.05, 3.63) is 91.1 Å². The first-order chi connectivity index (χ1) is 10.2. The van der Waals surface area contributed by atoms with Gasteiger partial charge in [0.25, 0.3) is 0 Å². The van der Waals surface area contributed by atoms with E-state index < -0.39 is 0 Å². The van der Waals surface area contributed by atoms with Crippen molar-refractivity contribution >= 4 is 16.3 Å². The van der Waals surface area contributed by atoms with Crippen molar-refractivity contribution in [2.45, 2.75) is 28.2 Å². The maximum atomic E-state index is 3.88. The Morgan fingerprint density at radius 2 is 1.55 bits per heavy atom. The van der Waals surface area contributed by atoms with Gasteiger partial charge in [0.15, 0.2) is 0 Å². The van der Waals surface area contributed by atoms with Crippen molar-refractivity contribution in [1.82, 2.24) is 0 Å². The first kappa shape index (κ1) is 19.7. The molecule has 0 spiro atoms. The predicted octanol–water partition coefficient (Wildman–Crippen LogP) is 7.12. The number of rotatable bonds is 3. The number of hydrogen-bond donors (Lipinski definition) is 0. The molecule has 116 valence electrons. The van der Waals surface area contributed by atoms with Gasteiger partial charge in [-0.05, 0) is 48.7 Å². The second-order valence-electron chi connectivity index (χ2n) is 4.83. The summed E-state index contributed by atoms with van der Waals surface area (Å²) in [6.45, 7) is 13.3. The predicted molar refractivity (Wildman–Crippen MR) is 104 cm³/mol. The van der Waals surface area contributed by atoms with E-state index in [9.17, 15) is 0 Å². The van der Waals surface area contributed by atoms with Gasteiger partial charge in [-0.25, -0.2) is 0 Å². The Kier molecular flexibility index (Phi) is 9.29. The average Bonchev–Trinajstić information content (AvgIpc) is 2.49. The Bertz CT molecular complexity index is 669. The molecule has 0 saturated carbocycles. The van der Waals surface area contributed by atoms with E-state index in [0.29, 0.717) is 0 Å². The molecule has 0 nitrogen and oxygen atoms in total. The van der Waals surface area contributed by atoms with Crippen molar-refractivity contribution in [2.75, 3.05) is 0 Å². The zero-order chi connectivity index (χ0) is 15.7. The summed E-state index contributed by atoms with van der Waals surface area (Å²) >= 11 is 0. The maximum Gasteiger partial charge on any atom is -0.0178 e. The largest absolute Gasteiger partial charge is 0.103 e. The average molecular weight is 292 g/mol. The minimum absolute atomic E-state index is 0. The van der Waals surface area contributed by atoms with Gasteiger partial charge >= 0.3 is 0 Å². The fraction of sp³-hybridized carbons (Fsp3) is 0.182. The Hall–Kier alpha value is -2.34. The summed E-state index contributed by atoms with van der Waals surface area (Å²) in [6.07, 6.45) is 9.79. The maximum absolute atomic E-state index is 3.88. The molecule has 0 unspecified atom stereocenters. The molecule has 2 aromatic carbocycles. The van der Waals surface area contributed by atoms with Crippen LogP contribution in [0.5, 0.6) is 0 Å². The molecule has 0 radical (unpaired) electrons. The van der Waals surface area contributed by atoms with Crippen molar-refractivity contribution < 1.29 is 0 Å². The zero-order valence-electron chi connectivity index (χ0n) is 13.3. The van der Waals surface area contributed by atoms with Crippen LogP contribution >= 0.6 is 0 Å². The summed E-state index contributed by atoms with van der Waals surface area (Å²) in [7, 11) is 0. The molecule has 0 heterocycles. The quantitative estimate of drug-likeness (QED) is 0.417. The fourth-order valence-electron chi connectivity index (χ4n) is 2.03. The highest BCUT2D eigenvalue weighted by Gasteiger charge is 1.99. The smallest absolute Gasteiger partial charge is 0.0178 e. The fourth-order valence-corrected chi connectivity index (χ4v) is 2.03. The van der Waals surface area contributed by atoms with Crippen molar-refractivity contribution in [3.63, 3.8) is 0 Å². The van der Waals surface area contributed by atoms with Gasteiger partial charge in [0.2, 0.25) is 0 Å². The van der Waals surface area contributed by atoms with Gasteiger partial charge in [0.1, 0.15) is 0 Å². The van der Waals surface area contributed by atoms with Crippen LogP contribution in [-0.4, -0.2) is 0 Å². The molecule has 0 aliphatic carbocycles. The first-order valence-electron chi connectivity index (χ1n) is 7.19. The molecule has 0 atom stereocenters. The number of benzene rings is 2. The van der Waals surface area contributed by atoms with Gasteiger partial charge in [-0.2, -0.15) is 0 Å². The van der Waals surface area contributed by atoms with Gasteiger partial charge in [0.05, 0.1) is 0 Å². The zero-order valence-corrected chi connectivity index (χ0v) is 13.3. The molecule has 22 heavy (non-hydrogen) atoms. The number of fused-ring (bicyclic) bond motifs is 1. The van der Waals surface area contributed by atoms with Crippen LogP contribution < -0.4 is 0 Å². The molecule has 0 aromatic heterocycles. The van der Waals surface area contributed by atoms with Gasteiger partial charge in [-0.1, -0.05) is 80.3 Å². The summed E-state index contributed by atoms with van der Waals surface area (Å²) in [4.78, 5) is 0. The highest BCUT2D eigenvalue weighted by molar-refractivity contribution is 5.88. The van der Waals surface area contributed by atoms with Crippen LogP contribution in [0.4, 0.5) is 0 Å². The second-order valence-corrected chi connectivity index (χ2v) is 4.83. The minimum Gasteiger partial charge on any atom is -0.103 e. The Morgan fingerprint density at radius 3 is 2.14 bits per heavy atom. The third-order valence-corrected chi connectivity index (χ3v) is 3.02. The van der Waals surface area contributed by atoms with Crippen LogP contribution in [0.1, 0.15) is 32.4 Å². The molecule has 0 fully saturated rings. The van der Waals surface area contributed by atoms with E-state index in [1.165, 1.54) is 21.9 Å². The molecule has 2 aromatic rings. The third-order valence-electron chi connectivity index (χ3n) is 3.02. The van der Waals surface area contributed by atoms with Crippen LogP contribution in [0.3, 0.4) is 0 Å². The van der Waals surface area contributed by atoms with Gasteiger partial charge in [-0.15, -0.1) is 6.58 Å². The van der Waals surface area contributed by atoms with E-state index in [2.05, 4.69) is 62.6 Å². The molecule has 0 amide bonds. The second kappa shape index (κ2) is 10.4. The highest BCUT2D eigenvalue weighted by atomic mass is 14.0. The van der Waals surface area contributed by atoms with Crippen molar-refractivity contribution in [1.29, 1.82) is 0 Å². The lowest BCUT2D eigenvalue weighted by Gasteiger charge is -2.05. The van der Waals surface area contributed by atoms with E-state index >= 15 is 0 Å². The summed E-state index contributed by atoms with van der Waals surface area (Å²) in [5.41, 5.74) is 3.65. The molecule has 0 aliphatic heterocycles. The summed E-state index contributed by atoms with van der Waals surface area (Å²) in [6, 6.07) is 13.1. The van der Waals surface area contributed by atoms with Crippen LogP contribution in [-0.2, 0) is 0 Å². The monoisotopic (exact) mass is 292 g/mol. The molecular weight excluding hydrogens is 264 g/mol. The lowest BCUT2D eigenvalue weighted by molar-refractivity contribution is 1.50. The Morgan fingerprint density at radius 1 is 0.955 bits per heavy atom. The van der Waals surface area contributed by atoms with E-state index in [4.69, 9.17) is 0 Å². The summed E-state index contributed by atoms with van der Waals surface area (Å²) in [5, 5.41) is 2.56. The summed E-state index contributed by atoms with van der Waals surface area (Å²) < 4.78 is 0. The Labute approximate surface area is 136 Å². The van der Waals surface area contributed by atoms with Crippen LogP contribution in [0.25, 0.3) is 16.3 Å². The molecule has 0 bridgehead atoms. The lowest BCUT2D eigenvalue weighted by atomic mass is 10.00. The molecule has 0 aliphatic rings. The third kappa shape index (κ3) is 5.57. The van der Waals surface area contributed by atoms with E-state index in [1.54, 1.807) is 6.08 Å².